The van der Waals surface area contributed by atoms with Crippen LogP contribution in [0.5, 0.6) is 5.75 Å². The average Bonchev–Trinajstić information content (AvgIpc) is 2.38. The molecule has 0 saturated carbocycles. The first-order chi connectivity index (χ1) is 8.17. The van der Waals surface area contributed by atoms with Gasteiger partial charge in [-0.2, -0.15) is 4.73 Å². The lowest BCUT2D eigenvalue weighted by Crippen LogP contribution is -2.26. The molecule has 0 aliphatic rings. The number of fused-ring (bicyclic) bond motifs is 1. The fourth-order valence-corrected chi connectivity index (χ4v) is 1.65. The third kappa shape index (κ3) is 1.87. The van der Waals surface area contributed by atoms with Crippen LogP contribution in [0.4, 0.5) is 0 Å². The Kier molecular flexibility index (Phi) is 2.82. The third-order valence-electron chi connectivity index (χ3n) is 2.50. The highest BCUT2D eigenvalue weighted by atomic mass is 16.5. The molecule has 0 amide bonds. The highest BCUT2D eigenvalue weighted by Gasteiger charge is 2.13. The number of benzene rings is 1. The van der Waals surface area contributed by atoms with Crippen LogP contribution in [0, 0.1) is 5.21 Å². The Morgan fingerprint density at radius 1 is 1.29 bits per heavy atom. The summed E-state index contributed by atoms with van der Waals surface area (Å²) in [7, 11) is 2.82. The fraction of sp³-hybridized carbons (Fsp3) is 0.167. The molecule has 17 heavy (non-hydrogen) atoms. The van der Waals surface area contributed by atoms with E-state index >= 15 is 0 Å². The maximum atomic E-state index is 11.6. The molecule has 0 bridgehead atoms. The summed E-state index contributed by atoms with van der Waals surface area (Å²) >= 11 is 0. The van der Waals surface area contributed by atoms with E-state index < -0.39 is 5.97 Å². The predicted octanol–water partition coefficient (Wildman–Crippen LogP) is 1.27. The van der Waals surface area contributed by atoms with Gasteiger partial charge in [-0.3, -0.25) is 0 Å². The molecule has 0 radical (unpaired) electrons. The van der Waals surface area contributed by atoms with E-state index in [1.54, 1.807) is 18.2 Å². The van der Waals surface area contributed by atoms with E-state index in [1.165, 1.54) is 26.5 Å². The number of nitrogens with zero attached hydrogens (tertiary/aromatic N) is 1. The quantitative estimate of drug-likeness (QED) is 0.445. The predicted molar refractivity (Wildman–Crippen MR) is 60.8 cm³/mol. The number of ether oxygens (including phenoxy) is 2. The zero-order chi connectivity index (χ0) is 12.4. The van der Waals surface area contributed by atoms with Crippen molar-refractivity contribution in [2.45, 2.75) is 0 Å². The zero-order valence-electron chi connectivity index (χ0n) is 9.47. The van der Waals surface area contributed by atoms with Crippen molar-refractivity contribution in [1.82, 2.24) is 0 Å². The second-order valence-corrected chi connectivity index (χ2v) is 3.43. The molecule has 0 spiro atoms. The first kappa shape index (κ1) is 11.2. The summed E-state index contributed by atoms with van der Waals surface area (Å²) in [6.07, 6.45) is 1.34. The largest absolute Gasteiger partial charge is 0.618 e. The molecule has 2 aromatic rings. The number of hydrogen-bond acceptors (Lipinski definition) is 4. The first-order valence-electron chi connectivity index (χ1n) is 4.95. The minimum absolute atomic E-state index is 0.331. The van der Waals surface area contributed by atoms with Gasteiger partial charge in [-0.1, -0.05) is 0 Å². The van der Waals surface area contributed by atoms with Crippen LogP contribution in [0.2, 0.25) is 0 Å². The van der Waals surface area contributed by atoms with Crippen molar-refractivity contribution in [2.75, 3.05) is 14.2 Å². The number of aromatic nitrogens is 1. The summed E-state index contributed by atoms with van der Waals surface area (Å²) < 4.78 is 10.4. The first-order valence-corrected chi connectivity index (χ1v) is 4.95. The molecule has 0 fully saturated rings. The lowest BCUT2D eigenvalue weighted by atomic mass is 10.1. The van der Waals surface area contributed by atoms with Crippen molar-refractivity contribution < 1.29 is 19.0 Å². The Bertz CT molecular complexity index is 580. The van der Waals surface area contributed by atoms with E-state index in [4.69, 9.17) is 4.74 Å². The molecule has 5 nitrogen and oxygen atoms in total. The van der Waals surface area contributed by atoms with Gasteiger partial charge in [0.2, 0.25) is 5.52 Å². The average molecular weight is 233 g/mol. The van der Waals surface area contributed by atoms with Gasteiger partial charge in [-0.25, -0.2) is 4.79 Å². The smallest absolute Gasteiger partial charge is 0.338 e. The second-order valence-electron chi connectivity index (χ2n) is 3.43. The van der Waals surface area contributed by atoms with Crippen LogP contribution in [-0.4, -0.2) is 20.2 Å². The highest BCUT2D eigenvalue weighted by molar-refractivity contribution is 5.94. The molecule has 0 atom stereocenters. The number of carbonyl (C=O) groups is 1. The van der Waals surface area contributed by atoms with E-state index in [1.807, 2.05) is 0 Å². The van der Waals surface area contributed by atoms with Gasteiger partial charge < -0.3 is 14.7 Å². The standard InChI is InChI=1S/C12H11NO4/c1-16-11-5-6-13(15)10-7-8(12(14)17-2)3-4-9(10)11/h3-7H,1-2H3. The summed E-state index contributed by atoms with van der Waals surface area (Å²) in [5.74, 6) is 0.109. The van der Waals surface area contributed by atoms with Crippen LogP contribution in [0.15, 0.2) is 30.5 Å². The van der Waals surface area contributed by atoms with E-state index in [0.29, 0.717) is 26.9 Å². The topological polar surface area (TPSA) is 62.5 Å². The summed E-state index contributed by atoms with van der Waals surface area (Å²) in [6.45, 7) is 0. The number of carbonyl (C=O) groups excluding carboxylic acids is 1. The monoisotopic (exact) mass is 233 g/mol. The summed E-state index contributed by atoms with van der Waals surface area (Å²) in [6, 6.07) is 6.31. The van der Waals surface area contributed by atoms with Crippen molar-refractivity contribution >= 4 is 16.9 Å². The maximum Gasteiger partial charge on any atom is 0.338 e. The molecule has 1 heterocycles. The summed E-state index contributed by atoms with van der Waals surface area (Å²) in [5, 5.41) is 12.3. The number of methoxy groups -OCH3 is 2. The number of pyridine rings is 1. The molecule has 0 aliphatic carbocycles. The SMILES string of the molecule is COC(=O)c1ccc2c(OC)cc[n+]([O-])c2c1. The van der Waals surface area contributed by atoms with Crippen LogP contribution in [0.3, 0.4) is 0 Å². The van der Waals surface area contributed by atoms with Gasteiger partial charge >= 0.3 is 5.97 Å². The Morgan fingerprint density at radius 3 is 2.71 bits per heavy atom. The zero-order valence-corrected chi connectivity index (χ0v) is 9.47. The normalized spacial score (nSPS) is 10.2. The molecule has 0 unspecified atom stereocenters. The molecular formula is C12H11NO4. The molecule has 88 valence electrons. The second kappa shape index (κ2) is 4.29. The minimum atomic E-state index is -0.477. The van der Waals surface area contributed by atoms with E-state index in [-0.39, 0.29) is 0 Å². The Hall–Kier alpha value is -2.30. The van der Waals surface area contributed by atoms with Gasteiger partial charge in [0, 0.05) is 12.1 Å². The molecule has 0 aliphatic heterocycles. The summed E-state index contributed by atoms with van der Waals surface area (Å²) in [5.41, 5.74) is 0.699. The number of hydrogen-bond donors (Lipinski definition) is 0. The fourth-order valence-electron chi connectivity index (χ4n) is 1.65. The van der Waals surface area contributed by atoms with E-state index in [0.717, 1.165) is 0 Å². The lowest BCUT2D eigenvalue weighted by Gasteiger charge is -2.07. The maximum absolute atomic E-state index is 11.6. The van der Waals surface area contributed by atoms with Crippen LogP contribution in [0.25, 0.3) is 10.9 Å². The van der Waals surface area contributed by atoms with Crippen molar-refractivity contribution in [3.05, 3.63) is 41.2 Å². The molecule has 0 saturated heterocycles. The van der Waals surface area contributed by atoms with Gasteiger partial charge in [0.25, 0.3) is 0 Å². The summed E-state index contributed by atoms with van der Waals surface area (Å²) in [4.78, 5) is 11.4. The van der Waals surface area contributed by atoms with Crippen LogP contribution < -0.4 is 9.47 Å². The lowest BCUT2D eigenvalue weighted by molar-refractivity contribution is -0.577. The van der Waals surface area contributed by atoms with Crippen LogP contribution >= 0.6 is 0 Å². The molecule has 1 aromatic heterocycles. The van der Waals surface area contributed by atoms with Crippen molar-refractivity contribution in [1.29, 1.82) is 0 Å². The van der Waals surface area contributed by atoms with E-state index in [9.17, 15) is 10.0 Å². The van der Waals surface area contributed by atoms with Crippen molar-refractivity contribution in [2.24, 2.45) is 0 Å². The molecule has 1 aromatic carbocycles. The Morgan fingerprint density at radius 2 is 2.06 bits per heavy atom. The molecular weight excluding hydrogens is 222 g/mol. The van der Waals surface area contributed by atoms with Gasteiger partial charge in [0.1, 0.15) is 5.75 Å². The number of rotatable bonds is 2. The third-order valence-corrected chi connectivity index (χ3v) is 2.50. The molecule has 5 heteroatoms. The number of esters is 1. The van der Waals surface area contributed by atoms with Gasteiger partial charge in [0.15, 0.2) is 6.20 Å². The van der Waals surface area contributed by atoms with Crippen molar-refractivity contribution in [3.63, 3.8) is 0 Å². The van der Waals surface area contributed by atoms with Crippen LogP contribution in [-0.2, 0) is 4.74 Å². The van der Waals surface area contributed by atoms with Gasteiger partial charge in [-0.05, 0) is 12.1 Å². The molecule has 2 rings (SSSR count). The van der Waals surface area contributed by atoms with Crippen LogP contribution in [0.1, 0.15) is 10.4 Å². The van der Waals surface area contributed by atoms with Gasteiger partial charge in [-0.15, -0.1) is 0 Å². The Balaban J connectivity index is 2.69. The minimum Gasteiger partial charge on any atom is -0.618 e. The Labute approximate surface area is 97.8 Å². The van der Waals surface area contributed by atoms with Crippen molar-refractivity contribution in [3.8, 4) is 5.75 Å². The van der Waals surface area contributed by atoms with Gasteiger partial charge in [0.05, 0.1) is 25.2 Å². The highest BCUT2D eigenvalue weighted by Crippen LogP contribution is 2.23. The van der Waals surface area contributed by atoms with E-state index in [2.05, 4.69) is 4.74 Å². The molecule has 0 N–H and O–H groups in total.